The number of unbranched alkanes of at least 4 members (excludes halogenated alkanes) is 1. The van der Waals surface area contributed by atoms with Crippen molar-refractivity contribution in [3.05, 3.63) is 18.2 Å². The van der Waals surface area contributed by atoms with Crippen LogP contribution in [0.3, 0.4) is 0 Å². The minimum Gasteiger partial charge on any atom is -0.480 e. The second-order valence-corrected chi connectivity index (χ2v) is 9.63. The van der Waals surface area contributed by atoms with E-state index in [2.05, 4.69) is 25.9 Å². The number of hydrogen-bond acceptors (Lipinski definition) is 7. The zero-order chi connectivity index (χ0) is 27.3. The molecular weight excluding hydrogens is 466 g/mol. The summed E-state index contributed by atoms with van der Waals surface area (Å²) in [4.78, 5) is 57.4. The number of H-pyrrole nitrogens is 1. The van der Waals surface area contributed by atoms with Crippen LogP contribution in [0.1, 0.15) is 65.5 Å². The molecule has 0 aliphatic rings. The highest BCUT2D eigenvalue weighted by atomic mass is 16.4. The third-order valence-electron chi connectivity index (χ3n) is 6.03. The Bertz CT molecular complexity index is 831. The maximum atomic E-state index is 13.2. The number of hydrogen-bond donors (Lipinski definition) is 7. The summed E-state index contributed by atoms with van der Waals surface area (Å²) in [5.74, 6) is -2.96. The number of imidazole rings is 1. The number of carboxylic acid groups (broad SMARTS) is 1. The third-order valence-corrected chi connectivity index (χ3v) is 6.03. The summed E-state index contributed by atoms with van der Waals surface area (Å²) < 4.78 is 0. The van der Waals surface area contributed by atoms with Crippen LogP contribution in [0.4, 0.5) is 0 Å². The molecule has 0 spiro atoms. The summed E-state index contributed by atoms with van der Waals surface area (Å²) in [6, 6.07) is -3.86. The summed E-state index contributed by atoms with van der Waals surface area (Å²) in [6.07, 6.45) is 5.61. The van der Waals surface area contributed by atoms with E-state index in [1.807, 2.05) is 20.8 Å². The number of nitrogens with zero attached hydrogens (tertiary/aromatic N) is 1. The van der Waals surface area contributed by atoms with Gasteiger partial charge in [-0.25, -0.2) is 9.78 Å². The molecule has 1 heterocycles. The van der Waals surface area contributed by atoms with E-state index in [-0.39, 0.29) is 24.7 Å². The van der Waals surface area contributed by atoms with Crippen LogP contribution < -0.4 is 27.4 Å². The molecule has 5 unspecified atom stereocenters. The molecule has 1 aromatic rings. The molecule has 0 aliphatic heterocycles. The van der Waals surface area contributed by atoms with E-state index >= 15 is 0 Å². The molecule has 5 atom stereocenters. The van der Waals surface area contributed by atoms with Gasteiger partial charge >= 0.3 is 5.97 Å². The zero-order valence-electron chi connectivity index (χ0n) is 21.8. The smallest absolute Gasteiger partial charge is 0.326 e. The lowest BCUT2D eigenvalue weighted by molar-refractivity contribution is -0.143. The highest BCUT2D eigenvalue weighted by Crippen LogP contribution is 2.12. The molecule has 12 heteroatoms. The van der Waals surface area contributed by atoms with E-state index in [4.69, 9.17) is 11.5 Å². The average molecular weight is 510 g/mol. The minimum atomic E-state index is -1.15. The number of carboxylic acids is 1. The molecule has 3 amide bonds. The molecule has 204 valence electrons. The van der Waals surface area contributed by atoms with Crippen molar-refractivity contribution in [3.63, 3.8) is 0 Å². The summed E-state index contributed by atoms with van der Waals surface area (Å²) in [6.45, 7) is 7.92. The molecule has 0 aromatic carbocycles. The van der Waals surface area contributed by atoms with Crippen LogP contribution in [0.2, 0.25) is 0 Å². The van der Waals surface area contributed by atoms with Crippen molar-refractivity contribution in [2.45, 2.75) is 90.4 Å². The van der Waals surface area contributed by atoms with Gasteiger partial charge in [-0.05, 0) is 44.1 Å². The zero-order valence-corrected chi connectivity index (χ0v) is 21.8. The molecule has 1 aromatic heterocycles. The first-order chi connectivity index (χ1) is 17.0. The van der Waals surface area contributed by atoms with Gasteiger partial charge in [0.1, 0.15) is 18.1 Å². The number of aromatic nitrogens is 2. The fraction of sp³-hybridized carbons (Fsp3) is 0.708. The van der Waals surface area contributed by atoms with Crippen LogP contribution in [0.25, 0.3) is 0 Å². The first-order valence-corrected chi connectivity index (χ1v) is 12.6. The van der Waals surface area contributed by atoms with Crippen molar-refractivity contribution >= 4 is 23.7 Å². The Hall–Kier alpha value is -2.99. The fourth-order valence-electron chi connectivity index (χ4n) is 3.68. The number of amides is 3. The molecular formula is C24H43N7O5. The predicted molar refractivity (Wildman–Crippen MR) is 136 cm³/mol. The number of aromatic amines is 1. The predicted octanol–water partition coefficient (Wildman–Crippen LogP) is 0.0397. The second kappa shape index (κ2) is 15.9. The Morgan fingerprint density at radius 3 is 2.22 bits per heavy atom. The van der Waals surface area contributed by atoms with Gasteiger partial charge in [-0.15, -0.1) is 0 Å². The standard InChI is InChI=1S/C24H43N7O5/c1-5-15(4)20(23(34)29-18(24(35)36)8-6-7-9-25)31-22(33)19(10-14(2)3)30-21(32)17(26)11-16-12-27-13-28-16/h12-15,17-20H,5-11,25-26H2,1-4H3,(H,27,28)(H,29,34)(H,30,32)(H,31,33)(H,35,36). The lowest BCUT2D eigenvalue weighted by atomic mass is 9.96. The summed E-state index contributed by atoms with van der Waals surface area (Å²) in [5.41, 5.74) is 12.2. The highest BCUT2D eigenvalue weighted by molar-refractivity contribution is 5.94. The van der Waals surface area contributed by atoms with Crippen molar-refractivity contribution in [1.29, 1.82) is 0 Å². The molecule has 1 rings (SSSR count). The quantitative estimate of drug-likeness (QED) is 0.142. The monoisotopic (exact) mass is 509 g/mol. The second-order valence-electron chi connectivity index (χ2n) is 9.63. The van der Waals surface area contributed by atoms with E-state index in [1.54, 1.807) is 13.1 Å². The van der Waals surface area contributed by atoms with Gasteiger partial charge in [-0.3, -0.25) is 14.4 Å². The topological polar surface area (TPSA) is 205 Å². The van der Waals surface area contributed by atoms with Crippen LogP contribution in [-0.2, 0) is 25.6 Å². The molecule has 0 saturated carbocycles. The molecule has 0 radical (unpaired) electrons. The van der Waals surface area contributed by atoms with Crippen LogP contribution in [0.5, 0.6) is 0 Å². The Morgan fingerprint density at radius 2 is 1.69 bits per heavy atom. The Balaban J connectivity index is 2.94. The molecule has 36 heavy (non-hydrogen) atoms. The van der Waals surface area contributed by atoms with Gasteiger partial charge in [-0.2, -0.15) is 0 Å². The summed E-state index contributed by atoms with van der Waals surface area (Å²) >= 11 is 0. The van der Waals surface area contributed by atoms with E-state index < -0.39 is 47.9 Å². The van der Waals surface area contributed by atoms with Crippen molar-refractivity contribution in [2.24, 2.45) is 23.3 Å². The molecule has 0 aliphatic carbocycles. The minimum absolute atomic E-state index is 0.0692. The van der Waals surface area contributed by atoms with Gasteiger partial charge in [0.15, 0.2) is 0 Å². The maximum Gasteiger partial charge on any atom is 0.326 e. The van der Waals surface area contributed by atoms with Gasteiger partial charge < -0.3 is 37.5 Å². The normalized spacial score (nSPS) is 15.4. The first-order valence-electron chi connectivity index (χ1n) is 12.6. The van der Waals surface area contributed by atoms with Gasteiger partial charge in [-0.1, -0.05) is 34.1 Å². The van der Waals surface area contributed by atoms with Crippen LogP contribution in [-0.4, -0.2) is 69.5 Å². The van der Waals surface area contributed by atoms with Gasteiger partial charge in [0.2, 0.25) is 17.7 Å². The molecule has 9 N–H and O–H groups in total. The lowest BCUT2D eigenvalue weighted by Gasteiger charge is -2.28. The van der Waals surface area contributed by atoms with Crippen molar-refractivity contribution < 1.29 is 24.3 Å². The van der Waals surface area contributed by atoms with Gasteiger partial charge in [0, 0.05) is 18.3 Å². The van der Waals surface area contributed by atoms with Crippen molar-refractivity contribution in [2.75, 3.05) is 6.54 Å². The number of carbonyl (C=O) groups excluding carboxylic acids is 3. The van der Waals surface area contributed by atoms with Crippen LogP contribution in [0.15, 0.2) is 12.5 Å². The number of carbonyl (C=O) groups is 4. The van der Waals surface area contributed by atoms with E-state index in [9.17, 15) is 24.3 Å². The van der Waals surface area contributed by atoms with Crippen LogP contribution >= 0.6 is 0 Å². The SMILES string of the molecule is CCC(C)C(NC(=O)C(CC(C)C)NC(=O)C(N)Cc1cnc[nH]1)C(=O)NC(CCCCN)C(=O)O. The van der Waals surface area contributed by atoms with E-state index in [1.165, 1.54) is 6.33 Å². The molecule has 0 bridgehead atoms. The average Bonchev–Trinajstić information content (AvgIpc) is 3.33. The van der Waals surface area contributed by atoms with Gasteiger partial charge in [0.25, 0.3) is 0 Å². The van der Waals surface area contributed by atoms with Gasteiger partial charge in [0.05, 0.1) is 12.4 Å². The van der Waals surface area contributed by atoms with E-state index in [0.717, 1.165) is 0 Å². The lowest BCUT2D eigenvalue weighted by Crippen LogP contribution is -2.59. The number of aliphatic carboxylic acids is 1. The summed E-state index contributed by atoms with van der Waals surface area (Å²) in [5, 5.41) is 17.5. The molecule has 0 saturated heterocycles. The third kappa shape index (κ3) is 10.7. The molecule has 0 fully saturated rings. The maximum absolute atomic E-state index is 13.2. The van der Waals surface area contributed by atoms with E-state index in [0.29, 0.717) is 37.9 Å². The number of nitrogens with two attached hydrogens (primary N) is 2. The Labute approximate surface area is 212 Å². The highest BCUT2D eigenvalue weighted by Gasteiger charge is 2.33. The summed E-state index contributed by atoms with van der Waals surface area (Å²) in [7, 11) is 0. The molecule has 12 nitrogen and oxygen atoms in total. The first kappa shape index (κ1) is 31.0. The number of nitrogens with one attached hydrogen (secondary N) is 4. The fourth-order valence-corrected chi connectivity index (χ4v) is 3.68. The number of rotatable bonds is 17. The largest absolute Gasteiger partial charge is 0.480 e. The van der Waals surface area contributed by atoms with Crippen LogP contribution in [0, 0.1) is 11.8 Å². The Morgan fingerprint density at radius 1 is 1.03 bits per heavy atom. The van der Waals surface area contributed by atoms with Crippen molar-refractivity contribution in [1.82, 2.24) is 25.9 Å². The Kier molecular flexibility index (Phi) is 13.7. The van der Waals surface area contributed by atoms with Crippen molar-refractivity contribution in [3.8, 4) is 0 Å².